The first kappa shape index (κ1) is 19.2. The lowest BCUT2D eigenvalue weighted by Gasteiger charge is -2.28. The second kappa shape index (κ2) is 7.25. The molecule has 0 N–H and O–H groups in total. The van der Waals surface area contributed by atoms with E-state index in [2.05, 4.69) is 27.9 Å². The average Bonchev–Trinajstić information content (AvgIpc) is 3.45. The van der Waals surface area contributed by atoms with Crippen molar-refractivity contribution in [3.05, 3.63) is 54.4 Å². The van der Waals surface area contributed by atoms with Crippen molar-refractivity contribution >= 4 is 16.7 Å². The smallest absolute Gasteiger partial charge is 0.243 e. The summed E-state index contributed by atoms with van der Waals surface area (Å²) in [5, 5.41) is 6.32. The number of aromatic nitrogens is 5. The zero-order valence-corrected chi connectivity index (χ0v) is 17.8. The maximum atomic E-state index is 13.1. The van der Waals surface area contributed by atoms with Crippen LogP contribution in [0.1, 0.15) is 30.3 Å². The molecule has 7 nitrogen and oxygen atoms in total. The summed E-state index contributed by atoms with van der Waals surface area (Å²) in [7, 11) is 1.89. The fourth-order valence-corrected chi connectivity index (χ4v) is 4.61. The number of benzene rings is 1. The van der Waals surface area contributed by atoms with E-state index >= 15 is 0 Å². The second-order valence-corrected chi connectivity index (χ2v) is 8.63. The van der Waals surface area contributed by atoms with Gasteiger partial charge >= 0.3 is 0 Å². The summed E-state index contributed by atoms with van der Waals surface area (Å²) < 4.78 is 16.9. The maximum absolute atomic E-state index is 13.1. The highest BCUT2D eigenvalue weighted by atomic mass is 19.1. The number of halogens is 1. The SMILES string of the molecule is Cn1cc(-c2cc3cccc(-c4nc(C5CC5)n5c4CN(CCF)C(=O)C5)c3cn2)cn1. The molecule has 1 aliphatic heterocycles. The highest BCUT2D eigenvalue weighted by Gasteiger charge is 2.35. The molecule has 0 saturated heterocycles. The van der Waals surface area contributed by atoms with Gasteiger partial charge in [-0.3, -0.25) is 14.5 Å². The topological polar surface area (TPSA) is 68.8 Å². The van der Waals surface area contributed by atoms with Crippen molar-refractivity contribution < 1.29 is 9.18 Å². The molecule has 1 amide bonds. The number of nitrogens with zero attached hydrogens (tertiary/aromatic N) is 6. The summed E-state index contributed by atoms with van der Waals surface area (Å²) in [5.74, 6) is 1.36. The third kappa shape index (κ3) is 3.09. The number of carbonyl (C=O) groups is 1. The summed E-state index contributed by atoms with van der Waals surface area (Å²) in [6, 6.07) is 8.23. The molecular weight excluding hydrogens is 407 g/mol. The van der Waals surface area contributed by atoms with Crippen molar-refractivity contribution in [2.45, 2.75) is 31.8 Å². The Balaban J connectivity index is 1.49. The average molecular weight is 430 g/mol. The molecule has 0 radical (unpaired) electrons. The van der Waals surface area contributed by atoms with E-state index in [9.17, 15) is 9.18 Å². The standard InChI is InChI=1S/C24H23FN6O/c1-29-12-17(10-27-29)20-9-16-3-2-4-18(19(16)11-26-20)23-21-13-30(8-7-25)22(32)14-31(21)24(28-23)15-5-6-15/h2-4,9-12,15H,5-8,13-14H2,1H3. The van der Waals surface area contributed by atoms with E-state index in [0.29, 0.717) is 12.5 Å². The minimum absolute atomic E-state index is 0.0401. The van der Waals surface area contributed by atoms with Gasteiger partial charge in [0.25, 0.3) is 0 Å². The third-order valence-corrected chi connectivity index (χ3v) is 6.41. The van der Waals surface area contributed by atoms with Crippen molar-refractivity contribution in [3.8, 4) is 22.5 Å². The molecule has 0 spiro atoms. The van der Waals surface area contributed by atoms with E-state index in [1.54, 1.807) is 9.58 Å². The quantitative estimate of drug-likeness (QED) is 0.484. The van der Waals surface area contributed by atoms with Gasteiger partial charge in [0.05, 0.1) is 29.8 Å². The molecule has 2 aliphatic rings. The monoisotopic (exact) mass is 430 g/mol. The van der Waals surface area contributed by atoms with Crippen molar-refractivity contribution in [2.24, 2.45) is 7.05 Å². The van der Waals surface area contributed by atoms with Crippen LogP contribution in [-0.4, -0.2) is 48.3 Å². The Bertz CT molecular complexity index is 1350. The molecule has 1 aromatic carbocycles. The Kier molecular flexibility index (Phi) is 4.34. The lowest BCUT2D eigenvalue weighted by atomic mass is 10.0. The summed E-state index contributed by atoms with van der Waals surface area (Å²) in [6.45, 7) is 0.200. The van der Waals surface area contributed by atoms with Gasteiger partial charge in [0.15, 0.2) is 0 Å². The highest BCUT2D eigenvalue weighted by molar-refractivity contribution is 5.97. The summed E-state index contributed by atoms with van der Waals surface area (Å²) >= 11 is 0. The molecule has 6 rings (SSSR count). The van der Waals surface area contributed by atoms with Crippen molar-refractivity contribution in [1.82, 2.24) is 29.2 Å². The number of carbonyl (C=O) groups excluding carboxylic acids is 1. The van der Waals surface area contributed by atoms with E-state index in [1.165, 1.54) is 0 Å². The normalized spacial score (nSPS) is 16.1. The number of imidazole rings is 1. The number of alkyl halides is 1. The fourth-order valence-electron chi connectivity index (χ4n) is 4.61. The van der Waals surface area contributed by atoms with Crippen LogP contribution in [-0.2, 0) is 24.9 Å². The van der Waals surface area contributed by atoms with Gasteiger partial charge in [0.2, 0.25) is 5.91 Å². The predicted octanol–water partition coefficient (Wildman–Crippen LogP) is 3.69. The van der Waals surface area contributed by atoms with Crippen LogP contribution < -0.4 is 0 Å². The Morgan fingerprint density at radius 1 is 1.19 bits per heavy atom. The Labute approximate surface area is 184 Å². The zero-order valence-electron chi connectivity index (χ0n) is 17.8. The van der Waals surface area contributed by atoms with Gasteiger partial charge in [-0.15, -0.1) is 0 Å². The van der Waals surface area contributed by atoms with E-state index in [4.69, 9.17) is 9.97 Å². The Morgan fingerprint density at radius 2 is 2.06 bits per heavy atom. The maximum Gasteiger partial charge on any atom is 0.243 e. The van der Waals surface area contributed by atoms with Gasteiger partial charge in [-0.05, 0) is 24.3 Å². The molecule has 3 aromatic heterocycles. The van der Waals surface area contributed by atoms with Gasteiger partial charge in [0, 0.05) is 48.4 Å². The van der Waals surface area contributed by atoms with Gasteiger partial charge in [-0.25, -0.2) is 9.37 Å². The third-order valence-electron chi connectivity index (χ3n) is 6.41. The molecule has 0 bridgehead atoms. The summed E-state index contributed by atoms with van der Waals surface area (Å²) in [5.41, 5.74) is 4.70. The van der Waals surface area contributed by atoms with Crippen molar-refractivity contribution in [1.29, 1.82) is 0 Å². The number of hydrogen-bond acceptors (Lipinski definition) is 4. The molecule has 1 fully saturated rings. The highest BCUT2D eigenvalue weighted by Crippen LogP contribution is 2.43. The summed E-state index contributed by atoms with van der Waals surface area (Å²) in [4.78, 5) is 23.9. The van der Waals surface area contributed by atoms with Crippen LogP contribution in [0, 0.1) is 0 Å². The van der Waals surface area contributed by atoms with E-state index < -0.39 is 6.67 Å². The number of hydrogen-bond donors (Lipinski definition) is 0. The van der Waals surface area contributed by atoms with Gasteiger partial charge in [-0.2, -0.15) is 5.10 Å². The molecule has 0 atom stereocenters. The number of pyridine rings is 1. The fraction of sp³-hybridized carbons (Fsp3) is 0.333. The van der Waals surface area contributed by atoms with Gasteiger partial charge in [0.1, 0.15) is 19.0 Å². The molecule has 32 heavy (non-hydrogen) atoms. The molecule has 1 aliphatic carbocycles. The molecule has 4 heterocycles. The number of aryl methyl sites for hydroxylation is 1. The van der Waals surface area contributed by atoms with Crippen LogP contribution in [0.5, 0.6) is 0 Å². The van der Waals surface area contributed by atoms with Crippen molar-refractivity contribution in [2.75, 3.05) is 13.2 Å². The largest absolute Gasteiger partial charge is 0.333 e. The lowest BCUT2D eigenvalue weighted by molar-refractivity contribution is -0.134. The Hall–Kier alpha value is -3.55. The van der Waals surface area contributed by atoms with Crippen LogP contribution in [0.3, 0.4) is 0 Å². The number of rotatable bonds is 5. The van der Waals surface area contributed by atoms with Crippen LogP contribution in [0.2, 0.25) is 0 Å². The molecule has 8 heteroatoms. The predicted molar refractivity (Wildman–Crippen MR) is 119 cm³/mol. The molecule has 162 valence electrons. The van der Waals surface area contributed by atoms with E-state index in [-0.39, 0.29) is 19.0 Å². The second-order valence-electron chi connectivity index (χ2n) is 8.63. The number of fused-ring (bicyclic) bond motifs is 2. The zero-order chi connectivity index (χ0) is 21.8. The molecule has 4 aromatic rings. The Morgan fingerprint density at radius 3 is 2.81 bits per heavy atom. The molecule has 1 saturated carbocycles. The van der Waals surface area contributed by atoms with E-state index in [0.717, 1.165) is 57.6 Å². The minimum atomic E-state index is -0.542. The first-order valence-corrected chi connectivity index (χ1v) is 10.9. The van der Waals surface area contributed by atoms with E-state index in [1.807, 2.05) is 31.7 Å². The minimum Gasteiger partial charge on any atom is -0.333 e. The van der Waals surface area contributed by atoms with Crippen LogP contribution in [0.25, 0.3) is 33.3 Å². The molecular formula is C24H23FN6O. The van der Waals surface area contributed by atoms with Crippen LogP contribution in [0.4, 0.5) is 4.39 Å². The lowest BCUT2D eigenvalue weighted by Crippen LogP contribution is -2.40. The molecule has 0 unspecified atom stereocenters. The van der Waals surface area contributed by atoms with Crippen LogP contribution in [0.15, 0.2) is 42.9 Å². The van der Waals surface area contributed by atoms with Crippen LogP contribution >= 0.6 is 0 Å². The van der Waals surface area contributed by atoms with Crippen molar-refractivity contribution in [3.63, 3.8) is 0 Å². The summed E-state index contributed by atoms with van der Waals surface area (Å²) in [6.07, 6.45) is 7.85. The first-order chi connectivity index (χ1) is 15.6. The van der Waals surface area contributed by atoms with Gasteiger partial charge < -0.3 is 9.47 Å². The first-order valence-electron chi connectivity index (χ1n) is 10.9. The number of amides is 1. The van der Waals surface area contributed by atoms with Gasteiger partial charge in [-0.1, -0.05) is 18.2 Å².